The van der Waals surface area contributed by atoms with Gasteiger partial charge in [-0.2, -0.15) is 0 Å². The maximum Gasteiger partial charge on any atom is 0.161 e. The van der Waals surface area contributed by atoms with Crippen LogP contribution >= 0.6 is 0 Å². The number of rotatable bonds is 5. The van der Waals surface area contributed by atoms with E-state index in [1.807, 2.05) is 48.5 Å². The molecule has 0 aromatic heterocycles. The van der Waals surface area contributed by atoms with Crippen LogP contribution in [0.4, 0.5) is 0 Å². The molecule has 2 aromatic carbocycles. The van der Waals surface area contributed by atoms with E-state index in [-0.39, 0.29) is 17.9 Å². The highest BCUT2D eigenvalue weighted by Crippen LogP contribution is 2.45. The second kappa shape index (κ2) is 7.04. The van der Waals surface area contributed by atoms with Crippen molar-refractivity contribution >= 4 is 0 Å². The van der Waals surface area contributed by atoms with Crippen LogP contribution in [0.1, 0.15) is 17.2 Å². The minimum Gasteiger partial charge on any atom is -0.493 e. The van der Waals surface area contributed by atoms with Crippen LogP contribution in [0.25, 0.3) is 0 Å². The number of benzene rings is 2. The lowest BCUT2D eigenvalue weighted by Crippen LogP contribution is -2.19. The van der Waals surface area contributed by atoms with E-state index >= 15 is 0 Å². The largest absolute Gasteiger partial charge is 0.493 e. The van der Waals surface area contributed by atoms with Gasteiger partial charge in [0, 0.05) is 11.8 Å². The Morgan fingerprint density at radius 2 is 1.80 bits per heavy atom. The van der Waals surface area contributed by atoms with Gasteiger partial charge in [0.05, 0.1) is 26.4 Å². The van der Waals surface area contributed by atoms with Crippen LogP contribution in [0.5, 0.6) is 11.5 Å². The molecule has 2 fully saturated rings. The van der Waals surface area contributed by atoms with Gasteiger partial charge in [-0.1, -0.05) is 36.4 Å². The Bertz CT molecular complexity index is 717. The zero-order valence-corrected chi connectivity index (χ0v) is 14.1. The maximum absolute atomic E-state index is 9.84. The smallest absolute Gasteiger partial charge is 0.161 e. The standard InChI is InChI=1S/C20H22O5/c1-22-18-9-14(19-15-11-25-20(21)16(15)12-24-19)7-8-17(18)23-10-13-5-3-2-4-6-13/h2-9,15-16,19-21H,10-12H2,1H3/t15-,16-,19+,20-/m0/s1. The maximum atomic E-state index is 9.84. The van der Waals surface area contributed by atoms with Crippen LogP contribution in [0.3, 0.4) is 0 Å². The topological polar surface area (TPSA) is 57.2 Å². The molecule has 0 amide bonds. The second-order valence-corrected chi connectivity index (χ2v) is 6.49. The van der Waals surface area contributed by atoms with Crippen LogP contribution in [-0.2, 0) is 16.1 Å². The summed E-state index contributed by atoms with van der Waals surface area (Å²) in [6, 6.07) is 15.9. The van der Waals surface area contributed by atoms with Gasteiger partial charge in [0.1, 0.15) is 6.61 Å². The van der Waals surface area contributed by atoms with Gasteiger partial charge in [0.25, 0.3) is 0 Å². The molecule has 0 unspecified atom stereocenters. The molecule has 0 saturated carbocycles. The summed E-state index contributed by atoms with van der Waals surface area (Å²) in [5, 5.41) is 9.84. The van der Waals surface area contributed by atoms with E-state index in [0.717, 1.165) is 11.1 Å². The van der Waals surface area contributed by atoms with Crippen LogP contribution in [0, 0.1) is 11.8 Å². The average Bonchev–Trinajstić information content (AvgIpc) is 3.24. The summed E-state index contributed by atoms with van der Waals surface area (Å²) in [5.74, 6) is 1.60. The van der Waals surface area contributed by atoms with Crippen molar-refractivity contribution in [3.63, 3.8) is 0 Å². The molecule has 2 aliphatic rings. The van der Waals surface area contributed by atoms with Crippen molar-refractivity contribution in [3.05, 3.63) is 59.7 Å². The van der Waals surface area contributed by atoms with Crippen LogP contribution in [-0.4, -0.2) is 31.7 Å². The van der Waals surface area contributed by atoms with Crippen molar-refractivity contribution in [1.29, 1.82) is 0 Å². The summed E-state index contributed by atoms with van der Waals surface area (Å²) in [4.78, 5) is 0. The molecule has 25 heavy (non-hydrogen) atoms. The minimum absolute atomic E-state index is 0.0463. The number of aliphatic hydroxyl groups excluding tert-OH is 1. The minimum atomic E-state index is -0.717. The second-order valence-electron chi connectivity index (χ2n) is 6.49. The van der Waals surface area contributed by atoms with Crippen molar-refractivity contribution < 1.29 is 24.1 Å². The monoisotopic (exact) mass is 342 g/mol. The predicted octanol–water partition coefficient (Wildman–Crippen LogP) is 2.93. The summed E-state index contributed by atoms with van der Waals surface area (Å²) in [6.45, 7) is 1.53. The van der Waals surface area contributed by atoms with Crippen molar-refractivity contribution in [2.45, 2.75) is 19.0 Å². The number of ether oxygens (including phenoxy) is 4. The first-order valence-corrected chi connectivity index (χ1v) is 8.52. The first kappa shape index (κ1) is 16.4. The Kier molecular flexibility index (Phi) is 4.61. The molecule has 0 radical (unpaired) electrons. The molecule has 2 saturated heterocycles. The fraction of sp³-hybridized carbons (Fsp3) is 0.400. The summed E-state index contributed by atoms with van der Waals surface area (Å²) in [6.07, 6.45) is -0.801. The molecule has 5 heteroatoms. The quantitative estimate of drug-likeness (QED) is 0.905. The number of methoxy groups -OCH3 is 1. The molecule has 0 spiro atoms. The lowest BCUT2D eigenvalue weighted by molar-refractivity contribution is -0.0961. The van der Waals surface area contributed by atoms with E-state index in [1.165, 1.54) is 0 Å². The third kappa shape index (κ3) is 3.23. The Hall–Kier alpha value is -2.08. The zero-order valence-electron chi connectivity index (χ0n) is 14.1. The number of hydrogen-bond acceptors (Lipinski definition) is 5. The molecule has 2 aliphatic heterocycles. The van der Waals surface area contributed by atoms with Gasteiger partial charge in [-0.05, 0) is 23.3 Å². The Morgan fingerprint density at radius 3 is 2.60 bits per heavy atom. The van der Waals surface area contributed by atoms with E-state index in [4.69, 9.17) is 18.9 Å². The van der Waals surface area contributed by atoms with Gasteiger partial charge >= 0.3 is 0 Å². The number of aliphatic hydroxyl groups is 1. The van der Waals surface area contributed by atoms with Crippen molar-refractivity contribution in [2.24, 2.45) is 11.8 Å². The Labute approximate surface area is 147 Å². The molecule has 2 heterocycles. The van der Waals surface area contributed by atoms with E-state index in [1.54, 1.807) is 7.11 Å². The van der Waals surface area contributed by atoms with E-state index < -0.39 is 6.29 Å². The third-order valence-electron chi connectivity index (χ3n) is 4.99. The highest BCUT2D eigenvalue weighted by molar-refractivity contribution is 5.44. The lowest BCUT2D eigenvalue weighted by atomic mass is 9.89. The average molecular weight is 342 g/mol. The van der Waals surface area contributed by atoms with Gasteiger partial charge in [0.2, 0.25) is 0 Å². The fourth-order valence-electron chi connectivity index (χ4n) is 3.58. The SMILES string of the molecule is COc1cc([C@H]2OC[C@H]3[C@@H]2CO[C@@H]3O)ccc1OCc1ccccc1. The first-order chi connectivity index (χ1) is 12.3. The summed E-state index contributed by atoms with van der Waals surface area (Å²) in [5.41, 5.74) is 2.13. The summed E-state index contributed by atoms with van der Waals surface area (Å²) < 4.78 is 22.7. The molecular formula is C20H22O5. The lowest BCUT2D eigenvalue weighted by Gasteiger charge is -2.18. The molecule has 5 nitrogen and oxygen atoms in total. The fourth-order valence-corrected chi connectivity index (χ4v) is 3.58. The molecule has 1 N–H and O–H groups in total. The van der Waals surface area contributed by atoms with Crippen molar-refractivity contribution in [3.8, 4) is 11.5 Å². The van der Waals surface area contributed by atoms with E-state index in [9.17, 15) is 5.11 Å². The van der Waals surface area contributed by atoms with Crippen molar-refractivity contribution in [2.75, 3.05) is 20.3 Å². The van der Waals surface area contributed by atoms with Gasteiger partial charge < -0.3 is 24.1 Å². The van der Waals surface area contributed by atoms with E-state index in [0.29, 0.717) is 31.3 Å². The van der Waals surface area contributed by atoms with Crippen LogP contribution in [0.15, 0.2) is 48.5 Å². The first-order valence-electron chi connectivity index (χ1n) is 8.52. The Balaban J connectivity index is 1.50. The third-order valence-corrected chi connectivity index (χ3v) is 4.99. The van der Waals surface area contributed by atoms with Crippen LogP contribution < -0.4 is 9.47 Å². The number of hydrogen-bond donors (Lipinski definition) is 1. The van der Waals surface area contributed by atoms with Crippen molar-refractivity contribution in [1.82, 2.24) is 0 Å². The van der Waals surface area contributed by atoms with Gasteiger partial charge in [-0.15, -0.1) is 0 Å². The van der Waals surface area contributed by atoms with E-state index in [2.05, 4.69) is 0 Å². The van der Waals surface area contributed by atoms with Gasteiger partial charge in [-0.25, -0.2) is 0 Å². The van der Waals surface area contributed by atoms with Gasteiger partial charge in [0.15, 0.2) is 17.8 Å². The number of fused-ring (bicyclic) bond motifs is 1. The molecular weight excluding hydrogens is 320 g/mol. The normalized spacial score (nSPS) is 27.9. The molecule has 4 rings (SSSR count). The predicted molar refractivity (Wildman–Crippen MR) is 91.4 cm³/mol. The molecule has 2 aromatic rings. The molecule has 0 bridgehead atoms. The van der Waals surface area contributed by atoms with Gasteiger partial charge in [-0.3, -0.25) is 0 Å². The summed E-state index contributed by atoms with van der Waals surface area (Å²) in [7, 11) is 1.63. The summed E-state index contributed by atoms with van der Waals surface area (Å²) >= 11 is 0. The molecule has 0 aliphatic carbocycles. The van der Waals surface area contributed by atoms with Crippen LogP contribution in [0.2, 0.25) is 0 Å². The highest BCUT2D eigenvalue weighted by Gasteiger charge is 2.47. The zero-order chi connectivity index (χ0) is 17.2. The Morgan fingerprint density at radius 1 is 1.00 bits per heavy atom. The molecule has 132 valence electrons. The highest BCUT2D eigenvalue weighted by atomic mass is 16.6. The molecule has 4 atom stereocenters.